The molecule has 0 saturated heterocycles. The van der Waals surface area contributed by atoms with E-state index in [0.29, 0.717) is 11.6 Å². The van der Waals surface area contributed by atoms with Crippen LogP contribution in [0.25, 0.3) is 0 Å². The lowest BCUT2D eigenvalue weighted by atomic mass is 10.3. The van der Waals surface area contributed by atoms with Gasteiger partial charge in [0.1, 0.15) is 6.04 Å². The fourth-order valence-electron chi connectivity index (χ4n) is 1.46. The summed E-state index contributed by atoms with van der Waals surface area (Å²) in [7, 11) is 1.54. The minimum absolute atomic E-state index is 0.125. The average molecular weight is 246 g/mol. The van der Waals surface area contributed by atoms with Crippen LogP contribution in [0.15, 0.2) is 37.1 Å². The van der Waals surface area contributed by atoms with Crippen LogP contribution in [0.1, 0.15) is 13.0 Å². The van der Waals surface area contributed by atoms with Crippen LogP contribution in [0.3, 0.4) is 0 Å². The fraction of sp³-hybridized carbons (Fsp3) is 0.250. The number of aromatic nitrogens is 3. The van der Waals surface area contributed by atoms with Crippen LogP contribution in [0.2, 0.25) is 0 Å². The molecule has 1 N–H and O–H groups in total. The summed E-state index contributed by atoms with van der Waals surface area (Å²) in [5, 5.41) is 2.78. The Hall–Kier alpha value is -2.37. The van der Waals surface area contributed by atoms with E-state index in [4.69, 9.17) is 4.74 Å². The summed E-state index contributed by atoms with van der Waals surface area (Å²) in [6.07, 6.45) is 6.54. The number of nitrogens with one attached hydrogen (secondary N) is 1. The first-order valence-electron chi connectivity index (χ1n) is 5.49. The van der Waals surface area contributed by atoms with E-state index in [0.717, 1.165) is 0 Å². The third kappa shape index (κ3) is 2.65. The molecular formula is C12H14N4O2. The number of amides is 1. The summed E-state index contributed by atoms with van der Waals surface area (Å²) in [6, 6.07) is 3.11. The van der Waals surface area contributed by atoms with E-state index in [1.54, 1.807) is 55.7 Å². The Labute approximate surface area is 105 Å². The van der Waals surface area contributed by atoms with Crippen LogP contribution in [-0.2, 0) is 4.79 Å². The molecule has 94 valence electrons. The highest BCUT2D eigenvalue weighted by molar-refractivity contribution is 5.93. The highest BCUT2D eigenvalue weighted by atomic mass is 16.5. The molecular weight excluding hydrogens is 232 g/mol. The lowest BCUT2D eigenvalue weighted by molar-refractivity contribution is -0.118. The van der Waals surface area contributed by atoms with Crippen LogP contribution in [-0.4, -0.2) is 27.6 Å². The van der Waals surface area contributed by atoms with Crippen molar-refractivity contribution in [2.45, 2.75) is 13.0 Å². The molecule has 0 aliphatic carbocycles. The molecule has 1 atom stereocenters. The molecule has 2 aromatic heterocycles. The number of nitrogens with zero attached hydrogens (tertiary/aromatic N) is 3. The van der Waals surface area contributed by atoms with Crippen molar-refractivity contribution in [3.8, 4) is 5.88 Å². The van der Waals surface area contributed by atoms with E-state index in [1.165, 1.54) is 0 Å². The maximum Gasteiger partial charge on any atom is 0.247 e. The second-order valence-corrected chi connectivity index (χ2v) is 3.76. The van der Waals surface area contributed by atoms with Crippen molar-refractivity contribution in [2.24, 2.45) is 0 Å². The third-order valence-corrected chi connectivity index (χ3v) is 2.56. The second-order valence-electron chi connectivity index (χ2n) is 3.76. The van der Waals surface area contributed by atoms with Gasteiger partial charge >= 0.3 is 0 Å². The van der Waals surface area contributed by atoms with Gasteiger partial charge in [0, 0.05) is 18.5 Å². The Balaban J connectivity index is 2.02. The maximum absolute atomic E-state index is 11.9. The Kier molecular flexibility index (Phi) is 3.57. The van der Waals surface area contributed by atoms with E-state index >= 15 is 0 Å². The van der Waals surface area contributed by atoms with Gasteiger partial charge in [0.05, 0.1) is 25.3 Å². The number of pyridine rings is 1. The topological polar surface area (TPSA) is 69.0 Å². The van der Waals surface area contributed by atoms with Crippen molar-refractivity contribution in [3.05, 3.63) is 37.1 Å². The van der Waals surface area contributed by atoms with Gasteiger partial charge in [-0.15, -0.1) is 0 Å². The monoisotopic (exact) mass is 246 g/mol. The Bertz CT molecular complexity index is 507. The van der Waals surface area contributed by atoms with Crippen molar-refractivity contribution in [1.82, 2.24) is 14.5 Å². The SMILES string of the molecule is COc1ccc(NC(=O)C(C)n2ccnc2)cn1. The van der Waals surface area contributed by atoms with E-state index < -0.39 is 0 Å². The van der Waals surface area contributed by atoms with Crippen LogP contribution >= 0.6 is 0 Å². The molecule has 0 bridgehead atoms. The zero-order chi connectivity index (χ0) is 13.0. The molecule has 18 heavy (non-hydrogen) atoms. The number of carbonyl (C=O) groups is 1. The Morgan fingerprint density at radius 3 is 2.89 bits per heavy atom. The molecule has 0 saturated carbocycles. The minimum atomic E-state index is -0.324. The van der Waals surface area contributed by atoms with Crippen molar-refractivity contribution in [1.29, 1.82) is 0 Å². The standard InChI is InChI=1S/C12H14N4O2/c1-9(16-6-5-13-8-16)12(17)15-10-3-4-11(18-2)14-7-10/h3-9H,1-2H3,(H,15,17). The summed E-state index contributed by atoms with van der Waals surface area (Å²) in [4.78, 5) is 19.9. The molecule has 0 fully saturated rings. The van der Waals surface area contributed by atoms with Crippen molar-refractivity contribution < 1.29 is 9.53 Å². The molecule has 0 aliphatic rings. The summed E-state index contributed by atoms with van der Waals surface area (Å²) in [5.41, 5.74) is 0.632. The van der Waals surface area contributed by atoms with Crippen molar-refractivity contribution in [2.75, 3.05) is 12.4 Å². The number of ether oxygens (including phenoxy) is 1. The van der Waals surface area contributed by atoms with E-state index in [9.17, 15) is 4.79 Å². The molecule has 6 nitrogen and oxygen atoms in total. The Morgan fingerprint density at radius 1 is 1.50 bits per heavy atom. The molecule has 0 spiro atoms. The van der Waals surface area contributed by atoms with E-state index in [-0.39, 0.29) is 11.9 Å². The molecule has 2 aromatic rings. The molecule has 2 heterocycles. The van der Waals surface area contributed by atoms with Gasteiger partial charge in [0.15, 0.2) is 0 Å². The lowest BCUT2D eigenvalue weighted by Gasteiger charge is -2.13. The van der Waals surface area contributed by atoms with Crippen LogP contribution in [0, 0.1) is 0 Å². The maximum atomic E-state index is 11.9. The van der Waals surface area contributed by atoms with Crippen molar-refractivity contribution in [3.63, 3.8) is 0 Å². The summed E-state index contributed by atoms with van der Waals surface area (Å²) < 4.78 is 6.67. The quantitative estimate of drug-likeness (QED) is 0.887. The first kappa shape index (κ1) is 12.1. The highest BCUT2D eigenvalue weighted by Crippen LogP contribution is 2.13. The molecule has 6 heteroatoms. The van der Waals surface area contributed by atoms with Gasteiger partial charge in [0.25, 0.3) is 0 Å². The highest BCUT2D eigenvalue weighted by Gasteiger charge is 2.14. The van der Waals surface area contributed by atoms with E-state index in [2.05, 4.69) is 15.3 Å². The number of imidazole rings is 1. The normalized spacial score (nSPS) is 11.9. The average Bonchev–Trinajstić information content (AvgIpc) is 2.92. The second kappa shape index (κ2) is 5.31. The fourth-order valence-corrected chi connectivity index (χ4v) is 1.46. The van der Waals surface area contributed by atoms with Crippen molar-refractivity contribution >= 4 is 11.6 Å². The number of methoxy groups -OCH3 is 1. The zero-order valence-electron chi connectivity index (χ0n) is 10.2. The molecule has 2 rings (SSSR count). The molecule has 0 aromatic carbocycles. The summed E-state index contributed by atoms with van der Waals surface area (Å²) >= 11 is 0. The minimum Gasteiger partial charge on any atom is -0.481 e. The predicted molar refractivity (Wildman–Crippen MR) is 66.4 cm³/mol. The summed E-state index contributed by atoms with van der Waals surface area (Å²) in [6.45, 7) is 1.80. The predicted octanol–water partition coefficient (Wildman–Crippen LogP) is 1.49. The third-order valence-electron chi connectivity index (χ3n) is 2.56. The van der Waals surface area contributed by atoms with Gasteiger partial charge in [-0.2, -0.15) is 0 Å². The molecule has 1 unspecified atom stereocenters. The zero-order valence-corrected chi connectivity index (χ0v) is 10.2. The number of anilines is 1. The van der Waals surface area contributed by atoms with E-state index in [1.807, 2.05) is 0 Å². The molecule has 1 amide bonds. The van der Waals surface area contributed by atoms with Gasteiger partial charge in [-0.3, -0.25) is 4.79 Å². The van der Waals surface area contributed by atoms with Gasteiger partial charge in [0.2, 0.25) is 11.8 Å². The number of carbonyl (C=O) groups excluding carboxylic acids is 1. The largest absolute Gasteiger partial charge is 0.481 e. The lowest BCUT2D eigenvalue weighted by Crippen LogP contribution is -2.22. The number of rotatable bonds is 4. The van der Waals surface area contributed by atoms with Crippen LogP contribution in [0.4, 0.5) is 5.69 Å². The summed E-state index contributed by atoms with van der Waals surface area (Å²) in [5.74, 6) is 0.385. The molecule has 0 radical (unpaired) electrons. The van der Waals surface area contributed by atoms with Gasteiger partial charge in [-0.25, -0.2) is 9.97 Å². The Morgan fingerprint density at radius 2 is 2.33 bits per heavy atom. The van der Waals surface area contributed by atoms with Crippen LogP contribution in [0.5, 0.6) is 5.88 Å². The van der Waals surface area contributed by atoms with Crippen LogP contribution < -0.4 is 10.1 Å². The van der Waals surface area contributed by atoms with Gasteiger partial charge < -0.3 is 14.6 Å². The number of hydrogen-bond donors (Lipinski definition) is 1. The van der Waals surface area contributed by atoms with Gasteiger partial charge in [-0.05, 0) is 13.0 Å². The molecule has 0 aliphatic heterocycles. The number of hydrogen-bond acceptors (Lipinski definition) is 4. The van der Waals surface area contributed by atoms with Gasteiger partial charge in [-0.1, -0.05) is 0 Å². The first-order valence-corrected chi connectivity index (χ1v) is 5.49. The smallest absolute Gasteiger partial charge is 0.247 e. The first-order chi connectivity index (χ1) is 8.70.